The summed E-state index contributed by atoms with van der Waals surface area (Å²) in [6, 6.07) is 5.25. The van der Waals surface area contributed by atoms with Crippen molar-refractivity contribution in [1.82, 2.24) is 24.5 Å². The van der Waals surface area contributed by atoms with E-state index < -0.39 is 10.0 Å². The Morgan fingerprint density at radius 2 is 2.08 bits per heavy atom. The summed E-state index contributed by atoms with van der Waals surface area (Å²) in [6.07, 6.45) is 10.6. The van der Waals surface area contributed by atoms with Crippen LogP contribution in [0.3, 0.4) is 0 Å². The largest absolute Gasteiger partial charge is 0.345 e. The predicted molar refractivity (Wildman–Crippen MR) is 89.9 cm³/mol. The number of rotatable bonds is 4. The zero-order valence-electron chi connectivity index (χ0n) is 13.1. The topological polar surface area (TPSA) is 92.7 Å². The van der Waals surface area contributed by atoms with Crippen molar-refractivity contribution in [2.24, 2.45) is 0 Å². The van der Waals surface area contributed by atoms with Gasteiger partial charge in [-0.2, -0.15) is 5.10 Å². The number of hydrogen-bond donors (Lipinski definition) is 2. The quantitative estimate of drug-likeness (QED) is 0.758. The van der Waals surface area contributed by atoms with E-state index in [1.165, 1.54) is 6.20 Å². The summed E-state index contributed by atoms with van der Waals surface area (Å²) in [7, 11) is -3.63. The van der Waals surface area contributed by atoms with Crippen LogP contribution in [-0.2, 0) is 10.0 Å². The van der Waals surface area contributed by atoms with Gasteiger partial charge in [0.2, 0.25) is 10.0 Å². The number of pyridine rings is 1. The molecule has 126 valence electrons. The Kier molecular flexibility index (Phi) is 3.85. The minimum atomic E-state index is -3.63. The highest BCUT2D eigenvalue weighted by atomic mass is 32.2. The van der Waals surface area contributed by atoms with Gasteiger partial charge in [0, 0.05) is 36.2 Å². The molecular formula is C16H19N5O2S. The van der Waals surface area contributed by atoms with Crippen LogP contribution >= 0.6 is 0 Å². The fourth-order valence-electron chi connectivity index (χ4n) is 3.46. The fourth-order valence-corrected chi connectivity index (χ4v) is 4.93. The number of aromatic nitrogens is 4. The van der Waals surface area contributed by atoms with Gasteiger partial charge < -0.3 is 4.98 Å². The highest BCUT2D eigenvalue weighted by Gasteiger charge is 2.32. The third kappa shape index (κ3) is 2.71. The highest BCUT2D eigenvalue weighted by Crippen LogP contribution is 2.30. The summed E-state index contributed by atoms with van der Waals surface area (Å²) in [5, 5.41) is 4.91. The van der Waals surface area contributed by atoms with E-state index in [1.54, 1.807) is 24.5 Å². The van der Waals surface area contributed by atoms with Crippen LogP contribution in [0.5, 0.6) is 0 Å². The van der Waals surface area contributed by atoms with Crippen molar-refractivity contribution >= 4 is 21.1 Å². The average molecular weight is 345 g/mol. The lowest BCUT2D eigenvalue weighted by atomic mass is 9.91. The zero-order chi connectivity index (χ0) is 16.6. The molecule has 3 aromatic rings. The van der Waals surface area contributed by atoms with Crippen LogP contribution in [0.4, 0.5) is 0 Å². The summed E-state index contributed by atoms with van der Waals surface area (Å²) < 4.78 is 30.6. The monoisotopic (exact) mass is 345 g/mol. The molecule has 0 amide bonds. The maximum atomic E-state index is 12.9. The van der Waals surface area contributed by atoms with Gasteiger partial charge in [0.25, 0.3) is 0 Å². The van der Waals surface area contributed by atoms with E-state index in [0.717, 1.165) is 25.7 Å². The van der Waals surface area contributed by atoms with Crippen molar-refractivity contribution in [3.05, 3.63) is 43.0 Å². The van der Waals surface area contributed by atoms with Gasteiger partial charge >= 0.3 is 0 Å². The highest BCUT2D eigenvalue weighted by molar-refractivity contribution is 7.89. The molecular weight excluding hydrogens is 326 g/mol. The summed E-state index contributed by atoms with van der Waals surface area (Å²) in [5.41, 5.74) is 0.574. The van der Waals surface area contributed by atoms with Crippen LogP contribution in [0.15, 0.2) is 47.9 Å². The summed E-state index contributed by atoms with van der Waals surface area (Å²) in [6.45, 7) is 0. The molecule has 0 bridgehead atoms. The summed E-state index contributed by atoms with van der Waals surface area (Å²) in [4.78, 5) is 7.32. The lowest BCUT2D eigenvalue weighted by Gasteiger charge is -2.32. The van der Waals surface area contributed by atoms with Crippen LogP contribution in [0, 0.1) is 0 Å². The van der Waals surface area contributed by atoms with Gasteiger partial charge in [-0.1, -0.05) is 12.8 Å². The van der Waals surface area contributed by atoms with Crippen LogP contribution in [0.2, 0.25) is 0 Å². The molecule has 8 heteroatoms. The van der Waals surface area contributed by atoms with Gasteiger partial charge in [-0.05, 0) is 31.0 Å². The molecule has 1 saturated carbocycles. The normalized spacial score (nSPS) is 22.0. The Bertz CT molecular complexity index is 932. The van der Waals surface area contributed by atoms with Crippen molar-refractivity contribution in [2.45, 2.75) is 42.7 Å². The second-order valence-electron chi connectivity index (χ2n) is 6.12. The Morgan fingerprint density at radius 1 is 1.21 bits per heavy atom. The first-order valence-corrected chi connectivity index (χ1v) is 9.57. The number of sulfonamides is 1. The fraction of sp³-hybridized carbons (Fsp3) is 0.375. The molecule has 1 aliphatic carbocycles. The first kappa shape index (κ1) is 15.3. The molecule has 3 heterocycles. The number of aromatic amines is 1. The Morgan fingerprint density at radius 3 is 2.92 bits per heavy atom. The molecule has 0 aliphatic heterocycles. The molecule has 24 heavy (non-hydrogen) atoms. The molecule has 0 unspecified atom stereocenters. The minimum Gasteiger partial charge on any atom is -0.345 e. The van der Waals surface area contributed by atoms with E-state index in [4.69, 9.17) is 0 Å². The van der Waals surface area contributed by atoms with Crippen LogP contribution in [0.1, 0.15) is 31.7 Å². The van der Waals surface area contributed by atoms with Crippen LogP contribution in [-0.4, -0.2) is 34.2 Å². The Labute approximate surface area is 140 Å². The molecule has 0 saturated heterocycles. The molecule has 1 aliphatic rings. The van der Waals surface area contributed by atoms with E-state index in [2.05, 4.69) is 19.8 Å². The smallest absolute Gasteiger partial charge is 0.243 e. The van der Waals surface area contributed by atoms with Crippen LogP contribution < -0.4 is 4.72 Å². The van der Waals surface area contributed by atoms with Crippen LogP contribution in [0.25, 0.3) is 11.0 Å². The SMILES string of the molecule is O=S(=O)(N[C@H]1CCCC[C@@H]1n1cccn1)c1c[nH]c2ncccc12. The summed E-state index contributed by atoms with van der Waals surface area (Å²) in [5.74, 6) is 0. The van der Waals surface area contributed by atoms with Crippen molar-refractivity contribution in [2.75, 3.05) is 0 Å². The number of H-pyrrole nitrogens is 1. The van der Waals surface area contributed by atoms with Crippen molar-refractivity contribution in [3.8, 4) is 0 Å². The third-order valence-corrected chi connectivity index (χ3v) is 6.13. The second-order valence-corrected chi connectivity index (χ2v) is 7.80. The molecule has 0 radical (unpaired) electrons. The number of nitrogens with one attached hydrogen (secondary N) is 2. The first-order chi connectivity index (χ1) is 11.6. The van der Waals surface area contributed by atoms with Gasteiger partial charge in [0.05, 0.1) is 6.04 Å². The number of nitrogens with zero attached hydrogens (tertiary/aromatic N) is 3. The predicted octanol–water partition coefficient (Wildman–Crippen LogP) is 2.22. The molecule has 0 spiro atoms. The molecule has 4 rings (SSSR count). The van der Waals surface area contributed by atoms with Crippen molar-refractivity contribution in [1.29, 1.82) is 0 Å². The van der Waals surface area contributed by atoms with Crippen molar-refractivity contribution < 1.29 is 8.42 Å². The Hall–Kier alpha value is -2.19. The average Bonchev–Trinajstić information content (AvgIpc) is 3.25. The van der Waals surface area contributed by atoms with E-state index in [-0.39, 0.29) is 17.0 Å². The van der Waals surface area contributed by atoms with Gasteiger partial charge in [-0.25, -0.2) is 18.1 Å². The first-order valence-electron chi connectivity index (χ1n) is 8.09. The lowest BCUT2D eigenvalue weighted by Crippen LogP contribution is -2.43. The number of hydrogen-bond acceptors (Lipinski definition) is 4. The number of fused-ring (bicyclic) bond motifs is 1. The Balaban J connectivity index is 1.65. The van der Waals surface area contributed by atoms with Gasteiger partial charge in [0.1, 0.15) is 10.5 Å². The van der Waals surface area contributed by atoms with Gasteiger partial charge in [-0.15, -0.1) is 0 Å². The molecule has 2 atom stereocenters. The summed E-state index contributed by atoms with van der Waals surface area (Å²) >= 11 is 0. The molecule has 1 fully saturated rings. The maximum absolute atomic E-state index is 12.9. The molecule has 3 aromatic heterocycles. The van der Waals surface area contributed by atoms with E-state index in [9.17, 15) is 8.42 Å². The minimum absolute atomic E-state index is 0.0480. The molecule has 2 N–H and O–H groups in total. The maximum Gasteiger partial charge on any atom is 0.243 e. The van der Waals surface area contributed by atoms with Crippen molar-refractivity contribution in [3.63, 3.8) is 0 Å². The zero-order valence-corrected chi connectivity index (χ0v) is 13.9. The van der Waals surface area contributed by atoms with Gasteiger partial charge in [0.15, 0.2) is 0 Å². The van der Waals surface area contributed by atoms with Gasteiger partial charge in [-0.3, -0.25) is 4.68 Å². The van der Waals surface area contributed by atoms with E-state index in [1.807, 2.05) is 16.9 Å². The lowest BCUT2D eigenvalue weighted by molar-refractivity contribution is 0.270. The molecule has 0 aromatic carbocycles. The standard InChI is InChI=1S/C16H19N5O2S/c22-24(23,15-11-18-16-12(15)5-3-8-17-16)20-13-6-1-2-7-14(13)21-10-4-9-19-21/h3-5,8-11,13-14,20H,1-2,6-7H2,(H,17,18)/t13-,14-/m0/s1. The van der Waals surface area contributed by atoms with E-state index >= 15 is 0 Å². The van der Waals surface area contributed by atoms with E-state index in [0.29, 0.717) is 11.0 Å². The molecule has 7 nitrogen and oxygen atoms in total. The second kappa shape index (κ2) is 6.03. The third-order valence-electron chi connectivity index (χ3n) is 4.60.